The number of aryl methyl sites for hydroxylation is 1. The number of hydrogen-bond acceptors (Lipinski definition) is 5. The van der Waals surface area contributed by atoms with Crippen molar-refractivity contribution in [3.05, 3.63) is 39.2 Å². The van der Waals surface area contributed by atoms with Crippen LogP contribution in [0.1, 0.15) is 11.1 Å². The van der Waals surface area contributed by atoms with Crippen LogP contribution in [-0.2, 0) is 20.0 Å². The molecule has 6 nitrogen and oxygen atoms in total. The number of halogens is 1. The minimum Gasteiger partial charge on any atom is -0.279 e. The summed E-state index contributed by atoms with van der Waals surface area (Å²) >= 11 is 4.31. The predicted octanol–water partition coefficient (Wildman–Crippen LogP) is 3.18. The maximum absolute atomic E-state index is 12.5. The first-order chi connectivity index (χ1) is 10.9. The summed E-state index contributed by atoms with van der Waals surface area (Å²) in [5.74, 6) is 0. The van der Waals surface area contributed by atoms with Gasteiger partial charge in [-0.05, 0) is 65.2 Å². The predicted molar refractivity (Wildman–Crippen MR) is 99.6 cm³/mol. The van der Waals surface area contributed by atoms with Crippen molar-refractivity contribution in [2.45, 2.75) is 23.0 Å². The molecule has 10 heteroatoms. The molecule has 2 aromatic rings. The van der Waals surface area contributed by atoms with Crippen LogP contribution in [0.15, 0.2) is 37.2 Å². The van der Waals surface area contributed by atoms with Crippen molar-refractivity contribution >= 4 is 53.0 Å². The molecule has 0 unspecified atom stereocenters. The lowest BCUT2D eigenvalue weighted by molar-refractivity contribution is 0.520. The number of anilines is 1. The Labute approximate surface area is 154 Å². The molecular formula is C14H17BrN2O4S3. The number of hydrogen-bond donors (Lipinski definition) is 1. The third-order valence-corrected chi connectivity index (χ3v) is 8.75. The molecule has 1 aromatic heterocycles. The van der Waals surface area contributed by atoms with E-state index >= 15 is 0 Å². The van der Waals surface area contributed by atoms with Gasteiger partial charge in [-0.15, -0.1) is 11.3 Å². The third kappa shape index (κ3) is 3.83. The van der Waals surface area contributed by atoms with Crippen molar-refractivity contribution in [1.82, 2.24) is 4.31 Å². The van der Waals surface area contributed by atoms with E-state index in [1.807, 2.05) is 0 Å². The second-order valence-corrected chi connectivity index (χ2v) is 11.9. The second-order valence-electron chi connectivity index (χ2n) is 5.36. The summed E-state index contributed by atoms with van der Waals surface area (Å²) < 4.78 is 54.1. The van der Waals surface area contributed by atoms with Gasteiger partial charge in [0, 0.05) is 14.1 Å². The fraction of sp³-hybridized carbons (Fsp3) is 0.286. The molecular weight excluding hydrogens is 436 g/mol. The van der Waals surface area contributed by atoms with Crippen LogP contribution in [0, 0.1) is 13.8 Å². The van der Waals surface area contributed by atoms with Crippen LogP contribution in [0.5, 0.6) is 0 Å². The van der Waals surface area contributed by atoms with Crippen molar-refractivity contribution in [3.8, 4) is 0 Å². The van der Waals surface area contributed by atoms with Crippen LogP contribution in [-0.4, -0.2) is 35.2 Å². The Hall–Kier alpha value is -0.940. The summed E-state index contributed by atoms with van der Waals surface area (Å²) in [5.41, 5.74) is 1.61. The monoisotopic (exact) mass is 452 g/mol. The molecule has 1 aromatic carbocycles. The standard InChI is InChI=1S/C14H17BrN2O4S3/c1-9-7-11(24(20,21)17(3)4)8-12(10(9)2)16-23(18,19)14-6-5-13(15)22-14/h5-8,16H,1-4H3. The van der Waals surface area contributed by atoms with Crippen LogP contribution in [0.2, 0.25) is 0 Å². The molecule has 0 saturated heterocycles. The fourth-order valence-corrected chi connectivity index (χ4v) is 6.07. The Morgan fingerprint density at radius 2 is 1.71 bits per heavy atom. The van der Waals surface area contributed by atoms with Gasteiger partial charge in [0.25, 0.3) is 10.0 Å². The highest BCUT2D eigenvalue weighted by atomic mass is 79.9. The molecule has 0 bridgehead atoms. The van der Waals surface area contributed by atoms with E-state index in [-0.39, 0.29) is 14.8 Å². The summed E-state index contributed by atoms with van der Waals surface area (Å²) in [6, 6.07) is 6.01. The van der Waals surface area contributed by atoms with Crippen LogP contribution in [0.25, 0.3) is 0 Å². The van der Waals surface area contributed by atoms with E-state index in [2.05, 4.69) is 20.7 Å². The Bertz CT molecular complexity index is 979. The zero-order valence-electron chi connectivity index (χ0n) is 13.5. The molecule has 1 heterocycles. The molecule has 0 amide bonds. The van der Waals surface area contributed by atoms with Crippen LogP contribution in [0.3, 0.4) is 0 Å². The van der Waals surface area contributed by atoms with E-state index in [0.717, 1.165) is 15.6 Å². The third-order valence-electron chi connectivity index (χ3n) is 3.48. The minimum atomic E-state index is -3.78. The van der Waals surface area contributed by atoms with Crippen molar-refractivity contribution < 1.29 is 16.8 Å². The van der Waals surface area contributed by atoms with Gasteiger partial charge in [0.15, 0.2) is 0 Å². The maximum atomic E-state index is 12.5. The molecule has 0 aliphatic rings. The first-order valence-electron chi connectivity index (χ1n) is 6.77. The average Bonchev–Trinajstić information content (AvgIpc) is 2.90. The molecule has 0 aliphatic carbocycles. The number of rotatable bonds is 5. The van der Waals surface area contributed by atoms with Gasteiger partial charge < -0.3 is 0 Å². The molecule has 0 aliphatic heterocycles. The maximum Gasteiger partial charge on any atom is 0.271 e. The highest BCUT2D eigenvalue weighted by molar-refractivity contribution is 9.11. The van der Waals surface area contributed by atoms with E-state index in [0.29, 0.717) is 14.9 Å². The quantitative estimate of drug-likeness (QED) is 0.754. The zero-order valence-corrected chi connectivity index (χ0v) is 17.5. The second kappa shape index (κ2) is 6.75. The van der Waals surface area contributed by atoms with Crippen molar-refractivity contribution in [2.24, 2.45) is 0 Å². The van der Waals surface area contributed by atoms with E-state index in [9.17, 15) is 16.8 Å². The highest BCUT2D eigenvalue weighted by Crippen LogP contribution is 2.30. The van der Waals surface area contributed by atoms with Crippen molar-refractivity contribution in [3.63, 3.8) is 0 Å². The molecule has 0 fully saturated rings. The van der Waals surface area contributed by atoms with Crippen molar-refractivity contribution in [1.29, 1.82) is 0 Å². The number of nitrogens with zero attached hydrogens (tertiary/aromatic N) is 1. The van der Waals surface area contributed by atoms with Gasteiger partial charge in [0.1, 0.15) is 4.21 Å². The lowest BCUT2D eigenvalue weighted by atomic mass is 10.1. The summed E-state index contributed by atoms with van der Waals surface area (Å²) in [6.45, 7) is 3.48. The van der Waals surface area contributed by atoms with Gasteiger partial charge >= 0.3 is 0 Å². The fourth-order valence-electron chi connectivity index (χ4n) is 1.93. The molecule has 0 spiro atoms. The largest absolute Gasteiger partial charge is 0.279 e. The summed E-state index contributed by atoms with van der Waals surface area (Å²) in [6.07, 6.45) is 0. The summed E-state index contributed by atoms with van der Waals surface area (Å²) in [7, 11) is -4.59. The molecule has 0 radical (unpaired) electrons. The van der Waals surface area contributed by atoms with Crippen LogP contribution in [0.4, 0.5) is 5.69 Å². The molecule has 1 N–H and O–H groups in total. The normalized spacial score (nSPS) is 12.6. The van der Waals surface area contributed by atoms with Crippen LogP contribution >= 0.6 is 27.3 Å². The number of benzene rings is 1. The van der Waals surface area contributed by atoms with E-state index in [1.54, 1.807) is 19.9 Å². The highest BCUT2D eigenvalue weighted by Gasteiger charge is 2.22. The first-order valence-corrected chi connectivity index (χ1v) is 11.3. The van der Waals surface area contributed by atoms with Gasteiger partial charge in [-0.2, -0.15) is 0 Å². The smallest absolute Gasteiger partial charge is 0.271 e. The first kappa shape index (κ1) is 19.4. The zero-order chi connectivity index (χ0) is 18.3. The van der Waals surface area contributed by atoms with Gasteiger partial charge in [0.05, 0.1) is 14.4 Å². The molecule has 132 valence electrons. The Morgan fingerprint density at radius 1 is 1.08 bits per heavy atom. The Kier molecular flexibility index (Phi) is 5.46. The van der Waals surface area contributed by atoms with Gasteiger partial charge in [-0.3, -0.25) is 4.72 Å². The summed E-state index contributed by atoms with van der Waals surface area (Å²) in [5, 5.41) is 0. The van der Waals surface area contributed by atoms with E-state index in [1.165, 1.54) is 32.3 Å². The van der Waals surface area contributed by atoms with Gasteiger partial charge in [0.2, 0.25) is 10.0 Å². The molecule has 0 saturated carbocycles. The van der Waals surface area contributed by atoms with Gasteiger partial charge in [-0.25, -0.2) is 21.1 Å². The van der Waals surface area contributed by atoms with E-state index in [4.69, 9.17) is 0 Å². The Morgan fingerprint density at radius 3 is 2.21 bits per heavy atom. The molecule has 2 rings (SSSR count). The minimum absolute atomic E-state index is 0.0423. The summed E-state index contributed by atoms with van der Waals surface area (Å²) in [4.78, 5) is 0.0423. The topological polar surface area (TPSA) is 83.6 Å². The molecule has 0 atom stereocenters. The lowest BCUT2D eigenvalue weighted by Gasteiger charge is -2.16. The SMILES string of the molecule is Cc1cc(S(=O)(=O)N(C)C)cc(NS(=O)(=O)c2ccc(Br)s2)c1C. The van der Waals surface area contributed by atoms with Crippen molar-refractivity contribution in [2.75, 3.05) is 18.8 Å². The average molecular weight is 453 g/mol. The van der Waals surface area contributed by atoms with Gasteiger partial charge in [-0.1, -0.05) is 0 Å². The number of nitrogens with one attached hydrogen (secondary N) is 1. The Balaban J connectivity index is 2.53. The van der Waals surface area contributed by atoms with E-state index < -0.39 is 20.0 Å². The number of sulfonamides is 2. The number of thiophene rings is 1. The molecule has 24 heavy (non-hydrogen) atoms. The van der Waals surface area contributed by atoms with Crippen LogP contribution < -0.4 is 4.72 Å². The lowest BCUT2D eigenvalue weighted by Crippen LogP contribution is -2.23.